The van der Waals surface area contributed by atoms with Crippen LogP contribution in [0.3, 0.4) is 0 Å². The quantitative estimate of drug-likeness (QED) is 0.0225. The second-order valence-electron chi connectivity index (χ2n) is 31.1. The van der Waals surface area contributed by atoms with Gasteiger partial charge in [0.2, 0.25) is 5.24 Å². The van der Waals surface area contributed by atoms with Crippen LogP contribution in [0.5, 0.6) is 0 Å². The van der Waals surface area contributed by atoms with E-state index < -0.39 is 68.4 Å². The Labute approximate surface area is 847 Å². The first-order chi connectivity index (χ1) is 67.4. The second kappa shape index (κ2) is 57.5. The molecular formula is C96H101Cl2F6MgN23O13S2. The van der Waals surface area contributed by atoms with Crippen LogP contribution < -0.4 is 23.9 Å². The summed E-state index contributed by atoms with van der Waals surface area (Å²) in [6, 6.07) is 78.8. The summed E-state index contributed by atoms with van der Waals surface area (Å²) in [7, 11) is -5.63. The Kier molecular flexibility index (Phi) is 46.5. The molecule has 8 heterocycles. The van der Waals surface area contributed by atoms with Gasteiger partial charge in [0, 0.05) is 54.9 Å². The molecule has 18 rings (SSSR count). The molecule has 0 spiro atoms. The second-order valence-corrected chi connectivity index (χ2v) is 35.0. The minimum Gasteiger partial charge on any atom is -1.00 e. The number of aromatic carboxylic acids is 1. The van der Waals surface area contributed by atoms with Crippen molar-refractivity contribution in [3.05, 3.63) is 360 Å². The Bertz CT molecular complexity index is 6610. The molecule has 0 bridgehead atoms. The van der Waals surface area contributed by atoms with Crippen molar-refractivity contribution in [2.45, 2.75) is 115 Å². The SMILES string of the molecule is CC(=O)Cl.CN1CCOCC1.CS(=O)(=O)OS(C)(=O)=O.N#Cc1cnnn1-c1ccccc1.NC(=O)c1cnnn1-c1ccccc1.NC(Cc1ccccc1)c1cnnn1-c1ccccc1.O=C(CC(Cc1ccccc1)c1cnnn1-c1ccccc1)Cn1nc(C(F)(F)F)c2c1CCCC2.O=C(O)Cn1nc(C(F)(F)F)c2c1CCCC2.O=C(O)c1cnnn1-c1ccccc1.[CH2-]c1ccccc1.[Cl-].[Mg+2]. The summed E-state index contributed by atoms with van der Waals surface area (Å²) in [5.74, 6) is -3.21. The molecule has 1 aliphatic heterocycles. The monoisotopic (exact) mass is 2060 g/mol. The molecule has 0 radical (unpaired) electrons. The van der Waals surface area contributed by atoms with Crippen molar-refractivity contribution < 1.29 is 98.1 Å². The fourth-order valence-corrected chi connectivity index (χ4v) is 15.9. The molecular weight excluding hydrogens is 1960 g/mol. The third kappa shape index (κ3) is 38.2. The number of aliphatic carboxylic acids is 1. The molecule has 7 aromatic heterocycles. The van der Waals surface area contributed by atoms with E-state index in [-0.39, 0.29) is 93.9 Å². The summed E-state index contributed by atoms with van der Waals surface area (Å²) in [5.41, 5.74) is 20.9. The number of halogens is 8. The third-order valence-electron chi connectivity index (χ3n) is 20.3. The number of carboxylic acid groups (broad SMARTS) is 2. The number of carbonyl (C=O) groups excluding carboxylic acids is 3. The molecule has 1 fully saturated rings. The van der Waals surface area contributed by atoms with Gasteiger partial charge in [0.05, 0.1) is 109 Å². The number of primary amides is 1. The van der Waals surface area contributed by atoms with Gasteiger partial charge in [-0.25, -0.2) is 28.2 Å². The molecule has 47 heteroatoms. The molecule has 36 nitrogen and oxygen atoms in total. The summed E-state index contributed by atoms with van der Waals surface area (Å²) >= 11 is 4.64. The Morgan fingerprint density at radius 2 is 0.839 bits per heavy atom. The number of morpholine rings is 1. The first-order valence-corrected chi connectivity index (χ1v) is 47.4. The number of ether oxygens (including phenoxy) is 1. The Balaban J connectivity index is 0.000000227. The van der Waals surface area contributed by atoms with Crippen molar-refractivity contribution in [1.82, 2.24) is 99.4 Å². The molecule has 2 aliphatic carbocycles. The summed E-state index contributed by atoms with van der Waals surface area (Å²) in [6.45, 7) is 8.34. The van der Waals surface area contributed by atoms with E-state index in [2.05, 4.69) is 108 Å². The van der Waals surface area contributed by atoms with Crippen molar-refractivity contribution in [3.63, 3.8) is 0 Å². The number of nitrogens with zero attached hydrogens (tertiary/aromatic N) is 21. The van der Waals surface area contributed by atoms with Crippen molar-refractivity contribution in [2.24, 2.45) is 11.5 Å². The number of benzene rings is 8. The molecule has 1 saturated heterocycles. The number of alkyl halides is 6. The van der Waals surface area contributed by atoms with Gasteiger partial charge in [-0.2, -0.15) is 83.3 Å². The number of fused-ring (bicyclic) bond motifs is 2. The number of likely N-dealkylation sites (N-methyl/N-ethyl adjacent to an activating group) is 1. The normalized spacial score (nSPS) is 12.7. The fraction of sp³-hybridized carbons (Fsp3) is 0.260. The van der Waals surface area contributed by atoms with Crippen LogP contribution >= 0.6 is 11.6 Å². The van der Waals surface area contributed by atoms with Gasteiger partial charge in [0.1, 0.15) is 12.6 Å². The molecule has 143 heavy (non-hydrogen) atoms. The molecule has 15 aromatic rings. The van der Waals surface area contributed by atoms with Crippen LogP contribution in [-0.4, -0.2) is 224 Å². The number of hydrogen-bond donors (Lipinski definition) is 4. The summed E-state index contributed by atoms with van der Waals surface area (Å²) in [4.78, 5) is 57.1. The van der Waals surface area contributed by atoms with Crippen molar-refractivity contribution in [2.75, 3.05) is 45.9 Å². The van der Waals surface area contributed by atoms with Gasteiger partial charge in [0.25, 0.3) is 26.1 Å². The number of carbonyl (C=O) groups is 5. The van der Waals surface area contributed by atoms with E-state index in [0.717, 1.165) is 95.5 Å². The average Bonchev–Trinajstić information content (AvgIpc) is 1.63. The van der Waals surface area contributed by atoms with E-state index in [0.29, 0.717) is 80.2 Å². The van der Waals surface area contributed by atoms with Crippen molar-refractivity contribution in [3.8, 4) is 34.5 Å². The van der Waals surface area contributed by atoms with E-state index in [1.54, 1.807) is 33.9 Å². The number of carboxylic acids is 2. The Hall–Kier alpha value is -14.3. The van der Waals surface area contributed by atoms with E-state index in [1.807, 2.05) is 224 Å². The first-order valence-electron chi connectivity index (χ1n) is 43.4. The van der Waals surface area contributed by atoms with E-state index in [9.17, 15) is 67.2 Å². The van der Waals surface area contributed by atoms with Gasteiger partial charge in [-0.3, -0.25) is 28.5 Å². The fourth-order valence-electron chi connectivity index (χ4n) is 14.1. The van der Waals surface area contributed by atoms with E-state index in [4.69, 9.17) is 31.7 Å². The van der Waals surface area contributed by atoms with Crippen LogP contribution in [0.25, 0.3) is 28.4 Å². The van der Waals surface area contributed by atoms with Gasteiger partial charge in [-0.15, -0.1) is 41.3 Å². The summed E-state index contributed by atoms with van der Waals surface area (Å²) < 4.78 is 138. The van der Waals surface area contributed by atoms with Crippen LogP contribution in [0.1, 0.15) is 140 Å². The topological polar surface area (TPSA) is 481 Å². The molecule has 2 unspecified atom stereocenters. The molecule has 748 valence electrons. The Morgan fingerprint density at radius 3 is 1.20 bits per heavy atom. The smallest absolute Gasteiger partial charge is 1.00 e. The molecule has 2 atom stereocenters. The summed E-state index contributed by atoms with van der Waals surface area (Å²) in [5, 5.41) is 71.7. The van der Waals surface area contributed by atoms with Gasteiger partial charge in [0.15, 0.2) is 34.3 Å². The molecule has 3 aliphatic rings. The number of hydrogen-bond acceptors (Lipinski definition) is 26. The van der Waals surface area contributed by atoms with E-state index in [1.165, 1.54) is 49.8 Å². The average molecular weight is 2060 g/mol. The van der Waals surface area contributed by atoms with Crippen LogP contribution in [0, 0.1) is 18.3 Å². The van der Waals surface area contributed by atoms with Crippen LogP contribution in [0.4, 0.5) is 26.3 Å². The number of Topliss-reactive ketones (excluding diaryl/α,β-unsaturated/α-hetero) is 1. The number of para-hydroxylation sites is 5. The minimum absolute atomic E-state index is 0. The third-order valence-corrected chi connectivity index (χ3v) is 22.2. The number of nitrogens with two attached hydrogens (primary N) is 2. The maximum absolute atomic E-state index is 13.6. The largest absolute Gasteiger partial charge is 2.00 e. The van der Waals surface area contributed by atoms with Gasteiger partial charge < -0.3 is 43.7 Å². The van der Waals surface area contributed by atoms with Crippen LogP contribution in [0.2, 0.25) is 0 Å². The zero-order valence-electron chi connectivity index (χ0n) is 77.8. The summed E-state index contributed by atoms with van der Waals surface area (Å²) in [6.07, 6.45) is 5.73. The van der Waals surface area contributed by atoms with E-state index >= 15 is 0 Å². The van der Waals surface area contributed by atoms with Crippen molar-refractivity contribution >= 4 is 83.8 Å². The predicted molar refractivity (Wildman–Crippen MR) is 514 cm³/mol. The number of amides is 1. The molecule has 0 saturated carbocycles. The van der Waals surface area contributed by atoms with Crippen molar-refractivity contribution in [1.29, 1.82) is 5.26 Å². The standard InChI is InChI=1S/C27H26F3N5O.C16H16N4.C10H11F3N2O2.C9H8N4O.C9H6N4.C9H7N3O2.C7H7.C5H11NO.C2H3ClO.C2H6O5S2.ClH.Mg/c28-27(29,30)26-23-13-7-8-14-24(23)34(32-26)18-22(36)16-20(15-19-9-3-1-4-10-19)25-17-31-33-35(25)21-11-5-2-6-12-21;17-15(11-13-7-3-1-4-8-13)16-12-18-19-20(16)14-9-5-2-6-10-14;11-10(12,13)9-6-3-1-2-4-7(6)15(14-9)5-8(16)17;10-9(14)8-6-11-12-13(8)7-4-2-1-3-5-7;10-6-9-7-11-12-13(9)8-4-2-1-3-5-8;13-9(14)8-6-10-11-12(8)7-4-2-1-3-5-7;1-7-5-3-2-4-6-7;1-6-2-4-7-5-3-6;1-2(3)4;1-8(3,4)7-9(2,5)6;;/h1-6,9-12,17,20H,7-8,13-16,18H2;1-10,12,15H,11,17H2;1-5H2,(H,16,17);1-6H,(H2,10,14);1-5,7H;1-6H,(H,13,14);2-6H,1H2;2-5H2,1H3;1H3;1-2H3;1H;/q;;;;;;-1;;;;;+2/p-1. The van der Waals surface area contributed by atoms with Crippen LogP contribution in [-0.2, 0) is 107 Å². The number of aromatic nitrogens is 19. The minimum atomic E-state index is -4.53. The maximum atomic E-state index is 13.6. The zero-order valence-corrected chi connectivity index (χ0v) is 82.4. The number of nitriles is 1. The number of rotatable bonds is 21. The first kappa shape index (κ1) is 116. The van der Waals surface area contributed by atoms with Crippen LogP contribution in [0.15, 0.2) is 274 Å². The zero-order chi connectivity index (χ0) is 102. The predicted octanol–water partition coefficient (Wildman–Crippen LogP) is 10.3. The van der Waals surface area contributed by atoms with Gasteiger partial charge in [-0.1, -0.05) is 184 Å². The molecule has 8 aromatic carbocycles. The maximum Gasteiger partial charge on any atom is 2.00 e. The molecule has 6 N–H and O–H groups in total. The van der Waals surface area contributed by atoms with Gasteiger partial charge in [-0.05, 0) is 155 Å². The number of ketones is 1. The van der Waals surface area contributed by atoms with Gasteiger partial charge >= 0.3 is 47.3 Å². The Morgan fingerprint density at radius 1 is 0.503 bits per heavy atom. The molecule has 1 amide bonds.